The van der Waals surface area contributed by atoms with Gasteiger partial charge in [0.1, 0.15) is 12.4 Å². The maximum absolute atomic E-state index is 12.0. The number of nitrogens with two attached hydrogens (primary N) is 1. The molecule has 9 heteroatoms. The number of rotatable bonds is 9. The van der Waals surface area contributed by atoms with Gasteiger partial charge in [-0.05, 0) is 43.4 Å². The highest BCUT2D eigenvalue weighted by Crippen LogP contribution is 2.22. The highest BCUT2D eigenvalue weighted by atomic mass is 35.5. The maximum atomic E-state index is 12.0. The van der Waals surface area contributed by atoms with Crippen molar-refractivity contribution < 1.29 is 17.9 Å². The van der Waals surface area contributed by atoms with E-state index in [4.69, 9.17) is 21.5 Å². The second kappa shape index (κ2) is 9.70. The Kier molecular flexibility index (Phi) is 7.61. The van der Waals surface area contributed by atoms with Gasteiger partial charge in [0, 0.05) is 25.2 Å². The van der Waals surface area contributed by atoms with Crippen LogP contribution in [0.15, 0.2) is 53.4 Å². The standard InChI is InChI=1S/C18H22ClN3O4S/c1-22(12-13-26-17-5-3-2-4-16(17)19)11-10-18(23)21-14-6-8-15(9-7-14)27(20,24)25/h2-9H,10-13H2,1H3,(H,21,23)(H2,20,24,25). The molecule has 0 radical (unpaired) electrons. The number of nitrogens with zero attached hydrogens (tertiary/aromatic N) is 1. The summed E-state index contributed by atoms with van der Waals surface area (Å²) in [6.45, 7) is 1.64. The molecule has 146 valence electrons. The van der Waals surface area contributed by atoms with Gasteiger partial charge in [-0.25, -0.2) is 13.6 Å². The van der Waals surface area contributed by atoms with E-state index in [0.29, 0.717) is 42.6 Å². The van der Waals surface area contributed by atoms with E-state index in [1.165, 1.54) is 24.3 Å². The van der Waals surface area contributed by atoms with Crippen LogP contribution in [0.1, 0.15) is 6.42 Å². The molecule has 7 nitrogen and oxygen atoms in total. The molecule has 0 saturated heterocycles. The quantitative estimate of drug-likeness (QED) is 0.659. The second-order valence-electron chi connectivity index (χ2n) is 5.95. The minimum Gasteiger partial charge on any atom is -0.491 e. The van der Waals surface area contributed by atoms with E-state index in [1.54, 1.807) is 12.1 Å². The molecule has 1 amide bonds. The normalized spacial score (nSPS) is 11.4. The number of carbonyl (C=O) groups excluding carboxylic acids is 1. The molecule has 2 aromatic rings. The molecule has 0 fully saturated rings. The van der Waals surface area contributed by atoms with Crippen LogP contribution in [-0.4, -0.2) is 46.0 Å². The van der Waals surface area contributed by atoms with Gasteiger partial charge < -0.3 is 15.0 Å². The molecule has 0 unspecified atom stereocenters. The Bertz CT molecular complexity index is 872. The SMILES string of the molecule is CN(CCOc1ccccc1Cl)CCC(=O)Nc1ccc(S(N)(=O)=O)cc1. The smallest absolute Gasteiger partial charge is 0.238 e. The van der Waals surface area contributed by atoms with E-state index in [1.807, 2.05) is 24.1 Å². The van der Waals surface area contributed by atoms with Crippen molar-refractivity contribution in [1.29, 1.82) is 0 Å². The third-order valence-corrected chi connectivity index (χ3v) is 5.00. The Labute approximate surface area is 164 Å². The van der Waals surface area contributed by atoms with Crippen LogP contribution in [0.25, 0.3) is 0 Å². The van der Waals surface area contributed by atoms with Crippen LogP contribution in [0.5, 0.6) is 5.75 Å². The Balaban J connectivity index is 1.71. The lowest BCUT2D eigenvalue weighted by Gasteiger charge is -2.17. The zero-order chi connectivity index (χ0) is 19.9. The van der Waals surface area contributed by atoms with E-state index >= 15 is 0 Å². The number of halogens is 1. The number of hydrogen-bond acceptors (Lipinski definition) is 5. The molecule has 0 aliphatic carbocycles. The molecule has 0 aromatic heterocycles. The molecule has 0 heterocycles. The summed E-state index contributed by atoms with van der Waals surface area (Å²) in [6.07, 6.45) is 0.291. The first kappa shape index (κ1) is 21.2. The van der Waals surface area contributed by atoms with E-state index in [0.717, 1.165) is 0 Å². The molecule has 0 atom stereocenters. The third kappa shape index (κ3) is 7.18. The lowest BCUT2D eigenvalue weighted by Crippen LogP contribution is -2.28. The van der Waals surface area contributed by atoms with Crippen LogP contribution < -0.4 is 15.2 Å². The number of carbonyl (C=O) groups is 1. The molecule has 0 saturated carbocycles. The lowest BCUT2D eigenvalue weighted by atomic mass is 10.3. The zero-order valence-corrected chi connectivity index (χ0v) is 16.5. The number of ether oxygens (including phenoxy) is 1. The van der Waals surface area contributed by atoms with Gasteiger partial charge in [0.05, 0.1) is 9.92 Å². The predicted molar refractivity (Wildman–Crippen MR) is 106 cm³/mol. The first-order valence-electron chi connectivity index (χ1n) is 8.24. The fourth-order valence-electron chi connectivity index (χ4n) is 2.23. The van der Waals surface area contributed by atoms with Crippen molar-refractivity contribution in [2.45, 2.75) is 11.3 Å². The average Bonchev–Trinajstić information content (AvgIpc) is 2.61. The summed E-state index contributed by atoms with van der Waals surface area (Å²) < 4.78 is 28.0. The number of hydrogen-bond donors (Lipinski definition) is 2. The number of nitrogens with one attached hydrogen (secondary N) is 1. The van der Waals surface area contributed by atoms with Crippen LogP contribution in [0.4, 0.5) is 5.69 Å². The Morgan fingerprint density at radius 2 is 1.81 bits per heavy atom. The number of likely N-dealkylation sites (N-methyl/N-ethyl adjacent to an activating group) is 1. The van der Waals surface area contributed by atoms with Gasteiger partial charge in [-0.15, -0.1) is 0 Å². The molecular weight excluding hydrogens is 390 g/mol. The third-order valence-electron chi connectivity index (χ3n) is 3.75. The van der Waals surface area contributed by atoms with Crippen LogP contribution >= 0.6 is 11.6 Å². The van der Waals surface area contributed by atoms with E-state index in [2.05, 4.69) is 5.32 Å². The second-order valence-corrected chi connectivity index (χ2v) is 7.92. The number of para-hydroxylation sites is 1. The van der Waals surface area contributed by atoms with Gasteiger partial charge >= 0.3 is 0 Å². The predicted octanol–water partition coefficient (Wildman–Crippen LogP) is 2.33. The Morgan fingerprint density at radius 3 is 2.44 bits per heavy atom. The van der Waals surface area contributed by atoms with E-state index in [9.17, 15) is 13.2 Å². The van der Waals surface area contributed by atoms with Gasteiger partial charge in [0.2, 0.25) is 15.9 Å². The van der Waals surface area contributed by atoms with Gasteiger partial charge in [0.15, 0.2) is 0 Å². The number of primary sulfonamides is 1. The maximum Gasteiger partial charge on any atom is 0.238 e. The first-order chi connectivity index (χ1) is 12.8. The molecule has 2 aromatic carbocycles. The van der Waals surface area contributed by atoms with Crippen LogP contribution in [0.2, 0.25) is 5.02 Å². The Hall–Kier alpha value is -2.13. The minimum absolute atomic E-state index is 0.00116. The minimum atomic E-state index is -3.74. The number of amides is 1. The van der Waals surface area contributed by atoms with Gasteiger partial charge in [-0.1, -0.05) is 23.7 Å². The van der Waals surface area contributed by atoms with Crippen LogP contribution in [0, 0.1) is 0 Å². The number of anilines is 1. The molecule has 0 spiro atoms. The molecule has 27 heavy (non-hydrogen) atoms. The van der Waals surface area contributed by atoms with Gasteiger partial charge in [-0.2, -0.15) is 0 Å². The van der Waals surface area contributed by atoms with Crippen LogP contribution in [0.3, 0.4) is 0 Å². The summed E-state index contributed by atoms with van der Waals surface area (Å²) in [5, 5.41) is 8.31. The largest absolute Gasteiger partial charge is 0.491 e. The molecule has 3 N–H and O–H groups in total. The lowest BCUT2D eigenvalue weighted by molar-refractivity contribution is -0.116. The molecule has 0 aliphatic rings. The molecular formula is C18H22ClN3O4S. The zero-order valence-electron chi connectivity index (χ0n) is 14.9. The summed E-state index contributed by atoms with van der Waals surface area (Å²) in [4.78, 5) is 14.0. The van der Waals surface area contributed by atoms with Crippen molar-refractivity contribution >= 4 is 33.2 Å². The monoisotopic (exact) mass is 411 g/mol. The summed E-state index contributed by atoms with van der Waals surface area (Å²) in [5.74, 6) is 0.463. The highest BCUT2D eigenvalue weighted by molar-refractivity contribution is 7.89. The van der Waals surface area contributed by atoms with Crippen molar-refractivity contribution in [3.8, 4) is 5.75 Å². The summed E-state index contributed by atoms with van der Waals surface area (Å²) >= 11 is 6.02. The summed E-state index contributed by atoms with van der Waals surface area (Å²) in [5.41, 5.74) is 0.511. The summed E-state index contributed by atoms with van der Waals surface area (Å²) in [7, 11) is -1.85. The number of benzene rings is 2. The fraction of sp³-hybridized carbons (Fsp3) is 0.278. The van der Waals surface area contributed by atoms with Crippen molar-refractivity contribution in [3.05, 3.63) is 53.6 Å². The first-order valence-corrected chi connectivity index (χ1v) is 10.2. The van der Waals surface area contributed by atoms with Gasteiger partial charge in [0.25, 0.3) is 0 Å². The van der Waals surface area contributed by atoms with Crippen LogP contribution in [-0.2, 0) is 14.8 Å². The van der Waals surface area contributed by atoms with E-state index < -0.39 is 10.0 Å². The number of sulfonamides is 1. The van der Waals surface area contributed by atoms with Crippen molar-refractivity contribution in [3.63, 3.8) is 0 Å². The molecule has 0 aliphatic heterocycles. The fourth-order valence-corrected chi connectivity index (χ4v) is 2.93. The van der Waals surface area contributed by atoms with E-state index in [-0.39, 0.29) is 10.8 Å². The summed E-state index contributed by atoms with van der Waals surface area (Å²) in [6, 6.07) is 13.0. The van der Waals surface area contributed by atoms with Crippen molar-refractivity contribution in [1.82, 2.24) is 4.90 Å². The topological polar surface area (TPSA) is 102 Å². The van der Waals surface area contributed by atoms with Crippen molar-refractivity contribution in [2.75, 3.05) is 32.1 Å². The van der Waals surface area contributed by atoms with Crippen molar-refractivity contribution in [2.24, 2.45) is 5.14 Å². The molecule has 0 bridgehead atoms. The average molecular weight is 412 g/mol. The highest BCUT2D eigenvalue weighted by Gasteiger charge is 2.09. The molecule has 2 rings (SSSR count). The Morgan fingerprint density at radius 1 is 1.15 bits per heavy atom. The van der Waals surface area contributed by atoms with Gasteiger partial charge in [-0.3, -0.25) is 4.79 Å².